The van der Waals surface area contributed by atoms with Gasteiger partial charge in [-0.2, -0.15) is 5.10 Å². The van der Waals surface area contributed by atoms with Gasteiger partial charge in [-0.05, 0) is 43.9 Å². The van der Waals surface area contributed by atoms with Gasteiger partial charge in [0.2, 0.25) is 0 Å². The van der Waals surface area contributed by atoms with Gasteiger partial charge in [0.25, 0.3) is 5.91 Å². The first-order valence-corrected chi connectivity index (χ1v) is 9.70. The van der Waals surface area contributed by atoms with Crippen molar-refractivity contribution in [1.29, 1.82) is 0 Å². The summed E-state index contributed by atoms with van der Waals surface area (Å²) in [5.41, 5.74) is 2.59. The first kappa shape index (κ1) is 19.4. The highest BCUT2D eigenvalue weighted by atomic mass is 16.5. The predicted octanol–water partition coefficient (Wildman–Crippen LogP) is 2.86. The lowest BCUT2D eigenvalue weighted by atomic mass is 9.74. The van der Waals surface area contributed by atoms with Crippen LogP contribution in [0.5, 0.6) is 5.75 Å². The van der Waals surface area contributed by atoms with E-state index in [4.69, 9.17) is 9.47 Å². The van der Waals surface area contributed by atoms with Gasteiger partial charge < -0.3 is 14.8 Å². The standard InChI is InChI=1S/C21H29N3O3/c1-4-19-18(14-24(3)23-19)20(25)22-15-21(10-12-26-13-11-21)16-6-8-17(9-7-16)27-5-2/h6-9,14H,4-5,10-13,15H2,1-3H3,(H,22,25). The average molecular weight is 371 g/mol. The van der Waals surface area contributed by atoms with Crippen molar-refractivity contribution in [3.63, 3.8) is 0 Å². The van der Waals surface area contributed by atoms with Gasteiger partial charge in [0.05, 0.1) is 17.9 Å². The zero-order valence-electron chi connectivity index (χ0n) is 16.5. The van der Waals surface area contributed by atoms with Crippen LogP contribution in [0.2, 0.25) is 0 Å². The van der Waals surface area contributed by atoms with Crippen molar-refractivity contribution in [2.45, 2.75) is 38.5 Å². The monoisotopic (exact) mass is 371 g/mol. The van der Waals surface area contributed by atoms with Gasteiger partial charge >= 0.3 is 0 Å². The third-order valence-electron chi connectivity index (χ3n) is 5.30. The fraction of sp³-hybridized carbons (Fsp3) is 0.524. The number of benzene rings is 1. The maximum atomic E-state index is 12.8. The van der Waals surface area contributed by atoms with E-state index >= 15 is 0 Å². The van der Waals surface area contributed by atoms with Crippen LogP contribution in [-0.4, -0.2) is 42.1 Å². The first-order valence-electron chi connectivity index (χ1n) is 9.70. The Morgan fingerprint density at radius 2 is 1.96 bits per heavy atom. The zero-order valence-corrected chi connectivity index (χ0v) is 16.5. The number of hydrogen-bond acceptors (Lipinski definition) is 4. The van der Waals surface area contributed by atoms with Crippen LogP contribution >= 0.6 is 0 Å². The van der Waals surface area contributed by atoms with Crippen molar-refractivity contribution in [2.24, 2.45) is 7.05 Å². The Balaban J connectivity index is 1.77. The van der Waals surface area contributed by atoms with Gasteiger partial charge in [0, 0.05) is 38.4 Å². The summed E-state index contributed by atoms with van der Waals surface area (Å²) in [6.45, 7) is 6.64. The summed E-state index contributed by atoms with van der Waals surface area (Å²) in [7, 11) is 1.84. The van der Waals surface area contributed by atoms with Gasteiger partial charge in [0.15, 0.2) is 0 Å². The normalized spacial score (nSPS) is 16.1. The fourth-order valence-electron chi connectivity index (χ4n) is 3.73. The first-order chi connectivity index (χ1) is 13.1. The summed E-state index contributed by atoms with van der Waals surface area (Å²) < 4.78 is 12.8. The number of nitrogens with zero attached hydrogens (tertiary/aromatic N) is 2. The van der Waals surface area contributed by atoms with E-state index in [2.05, 4.69) is 22.5 Å². The summed E-state index contributed by atoms with van der Waals surface area (Å²) in [6.07, 6.45) is 4.30. The van der Waals surface area contributed by atoms with Crippen LogP contribution in [0.1, 0.15) is 48.3 Å². The van der Waals surface area contributed by atoms with Crippen LogP contribution in [0, 0.1) is 0 Å². The van der Waals surface area contributed by atoms with E-state index in [1.54, 1.807) is 10.9 Å². The molecule has 0 radical (unpaired) electrons. The Labute approximate surface area is 160 Å². The lowest BCUT2D eigenvalue weighted by molar-refractivity contribution is 0.0487. The molecule has 1 aromatic carbocycles. The largest absolute Gasteiger partial charge is 0.494 e. The second-order valence-corrected chi connectivity index (χ2v) is 7.05. The third kappa shape index (κ3) is 4.33. The predicted molar refractivity (Wildman–Crippen MR) is 104 cm³/mol. The minimum Gasteiger partial charge on any atom is -0.494 e. The van der Waals surface area contributed by atoms with Crippen molar-refractivity contribution in [3.05, 3.63) is 47.3 Å². The Hall–Kier alpha value is -2.34. The molecule has 6 heteroatoms. The number of ether oxygens (including phenoxy) is 2. The second kappa shape index (κ2) is 8.57. The van der Waals surface area contributed by atoms with Crippen molar-refractivity contribution in [1.82, 2.24) is 15.1 Å². The van der Waals surface area contributed by atoms with Gasteiger partial charge in [-0.3, -0.25) is 9.48 Å². The van der Waals surface area contributed by atoms with Crippen LogP contribution in [-0.2, 0) is 23.6 Å². The molecule has 2 heterocycles. The van der Waals surface area contributed by atoms with E-state index in [0.717, 1.165) is 30.7 Å². The van der Waals surface area contributed by atoms with E-state index in [1.165, 1.54) is 5.56 Å². The van der Waals surface area contributed by atoms with Crippen LogP contribution in [0.15, 0.2) is 30.5 Å². The topological polar surface area (TPSA) is 65.4 Å². The molecule has 146 valence electrons. The minimum absolute atomic E-state index is 0.0586. The van der Waals surface area contributed by atoms with Crippen molar-refractivity contribution < 1.29 is 14.3 Å². The molecule has 6 nitrogen and oxygen atoms in total. The van der Waals surface area contributed by atoms with E-state index in [9.17, 15) is 4.79 Å². The molecule has 0 unspecified atom stereocenters. The quantitative estimate of drug-likeness (QED) is 0.813. The molecular weight excluding hydrogens is 342 g/mol. The molecule has 3 rings (SSSR count). The van der Waals surface area contributed by atoms with Gasteiger partial charge in [-0.25, -0.2) is 0 Å². The summed E-state index contributed by atoms with van der Waals surface area (Å²) in [4.78, 5) is 12.8. The number of carbonyl (C=O) groups excluding carboxylic acids is 1. The molecule has 0 atom stereocenters. The molecule has 1 aromatic heterocycles. The van der Waals surface area contributed by atoms with E-state index in [-0.39, 0.29) is 11.3 Å². The molecule has 0 spiro atoms. The van der Waals surface area contributed by atoms with Crippen molar-refractivity contribution in [2.75, 3.05) is 26.4 Å². The van der Waals surface area contributed by atoms with Crippen molar-refractivity contribution in [3.8, 4) is 5.75 Å². The lowest BCUT2D eigenvalue weighted by Crippen LogP contribution is -2.44. The molecule has 0 aliphatic carbocycles. The van der Waals surface area contributed by atoms with Gasteiger partial charge in [0.1, 0.15) is 5.75 Å². The number of hydrogen-bond donors (Lipinski definition) is 1. The van der Waals surface area contributed by atoms with Crippen LogP contribution in [0.3, 0.4) is 0 Å². The van der Waals surface area contributed by atoms with E-state index < -0.39 is 0 Å². The highest BCUT2D eigenvalue weighted by Crippen LogP contribution is 2.35. The highest BCUT2D eigenvalue weighted by Gasteiger charge is 2.35. The molecule has 1 saturated heterocycles. The highest BCUT2D eigenvalue weighted by molar-refractivity contribution is 5.95. The number of aromatic nitrogens is 2. The number of carbonyl (C=O) groups is 1. The average Bonchev–Trinajstić information content (AvgIpc) is 3.08. The molecule has 2 aromatic rings. The number of rotatable bonds is 7. The Bertz CT molecular complexity index is 761. The fourth-order valence-corrected chi connectivity index (χ4v) is 3.73. The zero-order chi connectivity index (χ0) is 19.3. The lowest BCUT2D eigenvalue weighted by Gasteiger charge is -2.38. The van der Waals surface area contributed by atoms with Crippen LogP contribution in [0.25, 0.3) is 0 Å². The summed E-state index contributed by atoms with van der Waals surface area (Å²) in [5.74, 6) is 0.812. The molecule has 1 N–H and O–H groups in total. The van der Waals surface area contributed by atoms with Crippen LogP contribution < -0.4 is 10.1 Å². The van der Waals surface area contributed by atoms with Crippen LogP contribution in [0.4, 0.5) is 0 Å². The molecule has 1 aliphatic heterocycles. The molecule has 1 amide bonds. The second-order valence-electron chi connectivity index (χ2n) is 7.05. The van der Waals surface area contributed by atoms with Gasteiger partial charge in [-0.15, -0.1) is 0 Å². The molecule has 27 heavy (non-hydrogen) atoms. The van der Waals surface area contributed by atoms with Gasteiger partial charge in [-0.1, -0.05) is 19.1 Å². The number of amides is 1. The molecule has 0 saturated carbocycles. The Morgan fingerprint density at radius 1 is 1.26 bits per heavy atom. The molecule has 1 fully saturated rings. The summed E-state index contributed by atoms with van der Waals surface area (Å²) in [5, 5.41) is 7.53. The molecular formula is C21H29N3O3. The SMILES string of the molecule is CCOc1ccc(C2(CNC(=O)c3cn(C)nc3CC)CCOCC2)cc1. The number of nitrogens with one attached hydrogen (secondary N) is 1. The number of aryl methyl sites for hydroxylation is 2. The Kier molecular flexibility index (Phi) is 6.16. The van der Waals surface area contributed by atoms with E-state index in [0.29, 0.717) is 31.9 Å². The van der Waals surface area contributed by atoms with Crippen molar-refractivity contribution >= 4 is 5.91 Å². The minimum atomic E-state index is -0.118. The molecule has 0 bridgehead atoms. The third-order valence-corrected chi connectivity index (χ3v) is 5.30. The maximum Gasteiger partial charge on any atom is 0.254 e. The summed E-state index contributed by atoms with van der Waals surface area (Å²) in [6, 6.07) is 8.25. The van der Waals surface area contributed by atoms with E-state index in [1.807, 2.05) is 33.0 Å². The summed E-state index contributed by atoms with van der Waals surface area (Å²) >= 11 is 0. The maximum absolute atomic E-state index is 12.8. The molecule has 1 aliphatic rings. The smallest absolute Gasteiger partial charge is 0.254 e. The Morgan fingerprint density at radius 3 is 2.59 bits per heavy atom.